The van der Waals surface area contributed by atoms with E-state index in [4.69, 9.17) is 33.7 Å². The molecule has 1 atom stereocenters. The summed E-state index contributed by atoms with van der Waals surface area (Å²) in [5.41, 5.74) is 7.31. The van der Waals surface area contributed by atoms with Crippen molar-refractivity contribution in [3.8, 4) is 0 Å². The molecule has 0 aromatic heterocycles. The van der Waals surface area contributed by atoms with Gasteiger partial charge in [0.15, 0.2) is 6.29 Å². The zero-order valence-corrected chi connectivity index (χ0v) is 16.3. The molecule has 0 aliphatic carbocycles. The van der Waals surface area contributed by atoms with E-state index >= 15 is 0 Å². The van der Waals surface area contributed by atoms with E-state index in [1.54, 1.807) is 31.2 Å². The molecular formula is C19H18Cl2N2O4. The van der Waals surface area contributed by atoms with Gasteiger partial charge in [-0.25, -0.2) is 0 Å². The van der Waals surface area contributed by atoms with E-state index in [1.165, 1.54) is 24.1 Å². The molecule has 0 saturated heterocycles. The maximum atomic E-state index is 13.1. The van der Waals surface area contributed by atoms with E-state index in [1.807, 2.05) is 0 Å². The van der Waals surface area contributed by atoms with Crippen molar-refractivity contribution in [2.75, 3.05) is 19.4 Å². The van der Waals surface area contributed by atoms with Crippen molar-refractivity contribution in [1.82, 2.24) is 4.90 Å². The number of methoxy groups -OCH3 is 1. The third-order valence-corrected chi connectivity index (χ3v) is 4.70. The van der Waals surface area contributed by atoms with Crippen molar-refractivity contribution in [3.63, 3.8) is 0 Å². The zero-order chi connectivity index (χ0) is 20.1. The Bertz CT molecular complexity index is 886. The number of nitrogens with zero attached hydrogens (tertiary/aromatic N) is 1. The number of halogens is 2. The normalized spacial score (nSPS) is 11.6. The summed E-state index contributed by atoms with van der Waals surface area (Å²) in [6.07, 6.45) is 0.641. The highest BCUT2D eigenvalue weighted by atomic mass is 35.5. The largest absolute Gasteiger partial charge is 0.468 e. The number of benzene rings is 2. The number of ether oxygens (including phenoxy) is 1. The molecule has 1 unspecified atom stereocenters. The fourth-order valence-electron chi connectivity index (χ4n) is 2.55. The van der Waals surface area contributed by atoms with Gasteiger partial charge < -0.3 is 15.4 Å². The first-order chi connectivity index (χ1) is 12.8. The van der Waals surface area contributed by atoms with Crippen LogP contribution in [0, 0.1) is 0 Å². The topological polar surface area (TPSA) is 89.7 Å². The highest BCUT2D eigenvalue weighted by molar-refractivity contribution is 6.33. The SMILES string of the molecule is COC(=O)CN(C(=O)c1ccc(Cl)cc1N)C(C)c1ccc(C=O)c(Cl)c1. The molecule has 8 heteroatoms. The molecule has 1 amide bonds. The minimum Gasteiger partial charge on any atom is -0.468 e. The van der Waals surface area contributed by atoms with Crippen molar-refractivity contribution in [2.24, 2.45) is 0 Å². The second kappa shape index (κ2) is 8.88. The summed E-state index contributed by atoms with van der Waals surface area (Å²) in [7, 11) is 1.24. The molecule has 27 heavy (non-hydrogen) atoms. The zero-order valence-electron chi connectivity index (χ0n) is 14.7. The van der Waals surface area contributed by atoms with Gasteiger partial charge in [0, 0.05) is 16.3 Å². The lowest BCUT2D eigenvalue weighted by atomic mass is 10.0. The highest BCUT2D eigenvalue weighted by Gasteiger charge is 2.27. The van der Waals surface area contributed by atoms with E-state index in [0.29, 0.717) is 22.4 Å². The highest BCUT2D eigenvalue weighted by Crippen LogP contribution is 2.28. The molecule has 0 bridgehead atoms. The van der Waals surface area contributed by atoms with Crippen LogP contribution in [-0.2, 0) is 9.53 Å². The summed E-state index contributed by atoms with van der Waals surface area (Å²) in [6, 6.07) is 8.78. The molecule has 2 aromatic carbocycles. The van der Waals surface area contributed by atoms with Crippen LogP contribution in [0.25, 0.3) is 0 Å². The third-order valence-electron chi connectivity index (χ3n) is 4.13. The number of carbonyl (C=O) groups is 3. The van der Waals surface area contributed by atoms with Crippen LogP contribution in [-0.4, -0.2) is 36.7 Å². The first kappa shape index (κ1) is 20.7. The number of esters is 1. The Morgan fingerprint density at radius 2 is 1.93 bits per heavy atom. The molecule has 2 N–H and O–H groups in total. The number of rotatable bonds is 6. The van der Waals surface area contributed by atoms with E-state index < -0.39 is 17.9 Å². The molecule has 0 fully saturated rings. The molecule has 0 radical (unpaired) electrons. The number of hydrogen-bond donors (Lipinski definition) is 1. The summed E-state index contributed by atoms with van der Waals surface area (Å²) in [5, 5.41) is 0.652. The fraction of sp³-hybridized carbons (Fsp3) is 0.211. The molecule has 0 saturated carbocycles. The molecule has 0 aliphatic rings. The van der Waals surface area contributed by atoms with Crippen LogP contribution >= 0.6 is 23.2 Å². The first-order valence-corrected chi connectivity index (χ1v) is 8.71. The van der Waals surface area contributed by atoms with Gasteiger partial charge >= 0.3 is 5.97 Å². The Balaban J connectivity index is 2.43. The van der Waals surface area contributed by atoms with Crippen LogP contribution in [0.3, 0.4) is 0 Å². The van der Waals surface area contributed by atoms with Crippen molar-refractivity contribution < 1.29 is 19.1 Å². The summed E-state index contributed by atoms with van der Waals surface area (Å²) < 4.78 is 4.70. The van der Waals surface area contributed by atoms with Gasteiger partial charge in [-0.3, -0.25) is 14.4 Å². The second-order valence-corrected chi connectivity index (χ2v) is 6.66. The number of hydrogen-bond acceptors (Lipinski definition) is 5. The predicted octanol–water partition coefficient (Wildman–Crippen LogP) is 3.76. The van der Waals surface area contributed by atoms with Crippen molar-refractivity contribution in [1.29, 1.82) is 0 Å². The standard InChI is InChI=1S/C19H18Cl2N2O4/c1-11(12-3-4-13(10-24)16(21)7-12)23(9-18(25)27-2)19(26)15-6-5-14(20)8-17(15)22/h3-8,10-11H,9,22H2,1-2H3. The summed E-state index contributed by atoms with van der Waals surface area (Å²) in [6.45, 7) is 1.45. The molecule has 0 aliphatic heterocycles. The molecular weight excluding hydrogens is 391 g/mol. The summed E-state index contributed by atoms with van der Waals surface area (Å²) in [5.74, 6) is -1.05. The summed E-state index contributed by atoms with van der Waals surface area (Å²) >= 11 is 12.0. The van der Waals surface area contributed by atoms with Gasteiger partial charge in [-0.05, 0) is 42.8 Å². The number of anilines is 1. The smallest absolute Gasteiger partial charge is 0.325 e. The van der Waals surface area contributed by atoms with Gasteiger partial charge in [-0.15, -0.1) is 0 Å². The van der Waals surface area contributed by atoms with E-state index in [9.17, 15) is 14.4 Å². The van der Waals surface area contributed by atoms with Crippen LogP contribution in [0.4, 0.5) is 5.69 Å². The summed E-state index contributed by atoms with van der Waals surface area (Å²) in [4.78, 5) is 37.2. The molecule has 2 aromatic rings. The van der Waals surface area contributed by atoms with Gasteiger partial charge in [-0.1, -0.05) is 29.3 Å². The Morgan fingerprint density at radius 3 is 2.48 bits per heavy atom. The lowest BCUT2D eigenvalue weighted by Gasteiger charge is -2.29. The van der Waals surface area contributed by atoms with Crippen LogP contribution in [0.2, 0.25) is 10.0 Å². The minimum absolute atomic E-state index is 0.198. The van der Waals surface area contributed by atoms with Gasteiger partial charge in [0.25, 0.3) is 5.91 Å². The van der Waals surface area contributed by atoms with Crippen LogP contribution in [0.1, 0.15) is 39.2 Å². The van der Waals surface area contributed by atoms with E-state index in [2.05, 4.69) is 0 Å². The maximum absolute atomic E-state index is 13.1. The molecule has 0 heterocycles. The predicted molar refractivity (Wildman–Crippen MR) is 104 cm³/mol. The Morgan fingerprint density at radius 1 is 1.22 bits per heavy atom. The van der Waals surface area contributed by atoms with E-state index in [-0.39, 0.29) is 22.8 Å². The number of nitrogen functional groups attached to an aromatic ring is 1. The average molecular weight is 409 g/mol. The minimum atomic E-state index is -0.585. The number of amides is 1. The van der Waals surface area contributed by atoms with Crippen molar-refractivity contribution in [2.45, 2.75) is 13.0 Å². The number of nitrogens with two attached hydrogens (primary N) is 1. The fourth-order valence-corrected chi connectivity index (χ4v) is 2.96. The Kier molecular flexibility index (Phi) is 6.82. The van der Waals surface area contributed by atoms with Gasteiger partial charge in [0.05, 0.1) is 23.7 Å². The Labute approximate surface area is 166 Å². The van der Waals surface area contributed by atoms with Crippen LogP contribution < -0.4 is 5.73 Å². The van der Waals surface area contributed by atoms with Crippen molar-refractivity contribution in [3.05, 3.63) is 63.1 Å². The quantitative estimate of drug-likeness (QED) is 0.446. The monoisotopic (exact) mass is 408 g/mol. The maximum Gasteiger partial charge on any atom is 0.325 e. The van der Waals surface area contributed by atoms with Gasteiger partial charge in [0.2, 0.25) is 0 Å². The van der Waals surface area contributed by atoms with Crippen molar-refractivity contribution >= 4 is 47.1 Å². The van der Waals surface area contributed by atoms with Crippen LogP contribution in [0.5, 0.6) is 0 Å². The second-order valence-electron chi connectivity index (χ2n) is 5.82. The van der Waals surface area contributed by atoms with Gasteiger partial charge in [0.1, 0.15) is 6.54 Å². The number of aldehydes is 1. The lowest BCUT2D eigenvalue weighted by molar-refractivity contribution is -0.141. The third kappa shape index (κ3) is 4.78. The molecule has 2 rings (SSSR count). The number of carbonyl (C=O) groups excluding carboxylic acids is 3. The molecule has 142 valence electrons. The lowest BCUT2D eigenvalue weighted by Crippen LogP contribution is -2.38. The molecule has 0 spiro atoms. The average Bonchev–Trinajstić information content (AvgIpc) is 2.64. The van der Waals surface area contributed by atoms with E-state index in [0.717, 1.165) is 0 Å². The van der Waals surface area contributed by atoms with Gasteiger partial charge in [-0.2, -0.15) is 0 Å². The van der Waals surface area contributed by atoms with Crippen LogP contribution in [0.15, 0.2) is 36.4 Å². The first-order valence-electron chi connectivity index (χ1n) is 7.96. The Hall–Kier alpha value is -2.57. The molecule has 6 nitrogen and oxygen atoms in total.